The van der Waals surface area contributed by atoms with E-state index in [0.29, 0.717) is 5.56 Å². The van der Waals surface area contributed by atoms with Crippen molar-refractivity contribution < 1.29 is 18.7 Å². The Morgan fingerprint density at radius 3 is 2.71 bits per heavy atom. The minimum atomic E-state index is -1.40. The summed E-state index contributed by atoms with van der Waals surface area (Å²) in [4.78, 5) is 11.9. The molecule has 21 heavy (non-hydrogen) atoms. The zero-order valence-electron chi connectivity index (χ0n) is 11.5. The van der Waals surface area contributed by atoms with E-state index in [1.807, 2.05) is 0 Å². The Morgan fingerprint density at radius 2 is 2.14 bits per heavy atom. The summed E-state index contributed by atoms with van der Waals surface area (Å²) in [5, 5.41) is 16.2. The molecular formula is C14H15F2N3O2. The summed E-state index contributed by atoms with van der Waals surface area (Å²) in [7, 11) is 1.66. The van der Waals surface area contributed by atoms with Gasteiger partial charge in [0.25, 0.3) is 5.91 Å². The molecule has 0 saturated heterocycles. The van der Waals surface area contributed by atoms with Crippen LogP contribution in [0, 0.1) is 11.6 Å². The van der Waals surface area contributed by atoms with E-state index >= 15 is 0 Å². The maximum absolute atomic E-state index is 13.6. The van der Waals surface area contributed by atoms with E-state index < -0.39 is 29.7 Å². The monoisotopic (exact) mass is 295 g/mol. The van der Waals surface area contributed by atoms with Gasteiger partial charge in [-0.3, -0.25) is 9.48 Å². The van der Waals surface area contributed by atoms with E-state index in [9.17, 15) is 18.7 Å². The van der Waals surface area contributed by atoms with Crippen LogP contribution in [0.4, 0.5) is 8.78 Å². The highest BCUT2D eigenvalue weighted by Gasteiger charge is 2.22. The number of hydrogen-bond acceptors (Lipinski definition) is 3. The standard InChI is InChI=1S/C14H15F2N3O2/c1-8(11-4-3-10(15)5-12(11)16)18-14(21)13(20)9-6-17-19(2)7-9/h3-8,13,20H,1-2H3,(H,18,21)/t8-,13-/m1/s1. The molecule has 1 heterocycles. The molecule has 0 spiro atoms. The highest BCUT2D eigenvalue weighted by Crippen LogP contribution is 2.19. The molecule has 0 aliphatic carbocycles. The number of aliphatic hydroxyl groups excluding tert-OH is 1. The number of aliphatic hydroxyl groups is 1. The molecule has 5 nitrogen and oxygen atoms in total. The van der Waals surface area contributed by atoms with Crippen LogP contribution >= 0.6 is 0 Å². The number of halogens is 2. The minimum absolute atomic E-state index is 0.142. The van der Waals surface area contributed by atoms with Crippen molar-refractivity contribution in [3.63, 3.8) is 0 Å². The van der Waals surface area contributed by atoms with Gasteiger partial charge in [0.1, 0.15) is 11.6 Å². The fourth-order valence-electron chi connectivity index (χ4n) is 1.96. The van der Waals surface area contributed by atoms with Crippen molar-refractivity contribution in [2.24, 2.45) is 7.05 Å². The number of rotatable bonds is 4. The number of hydrogen-bond donors (Lipinski definition) is 2. The van der Waals surface area contributed by atoms with Gasteiger partial charge in [0, 0.05) is 30.4 Å². The first-order chi connectivity index (χ1) is 9.88. The molecule has 0 unspecified atom stereocenters. The van der Waals surface area contributed by atoms with Gasteiger partial charge in [0.15, 0.2) is 6.10 Å². The molecule has 0 aliphatic heterocycles. The third-order valence-electron chi connectivity index (χ3n) is 3.08. The van der Waals surface area contributed by atoms with Crippen LogP contribution in [0.2, 0.25) is 0 Å². The third kappa shape index (κ3) is 3.43. The average Bonchev–Trinajstić information content (AvgIpc) is 2.84. The summed E-state index contributed by atoms with van der Waals surface area (Å²) in [5.74, 6) is -2.12. The van der Waals surface area contributed by atoms with Gasteiger partial charge in [-0.25, -0.2) is 8.78 Å². The number of carbonyl (C=O) groups is 1. The van der Waals surface area contributed by atoms with Gasteiger partial charge in [0.05, 0.1) is 12.2 Å². The summed E-state index contributed by atoms with van der Waals surface area (Å²) in [5.41, 5.74) is 0.477. The molecule has 1 amide bonds. The zero-order valence-corrected chi connectivity index (χ0v) is 11.5. The number of aromatic nitrogens is 2. The number of nitrogens with one attached hydrogen (secondary N) is 1. The first-order valence-corrected chi connectivity index (χ1v) is 6.30. The lowest BCUT2D eigenvalue weighted by Gasteiger charge is -2.17. The number of nitrogens with zero attached hydrogens (tertiary/aromatic N) is 2. The topological polar surface area (TPSA) is 67.2 Å². The van der Waals surface area contributed by atoms with E-state index in [2.05, 4.69) is 10.4 Å². The first-order valence-electron chi connectivity index (χ1n) is 6.30. The zero-order chi connectivity index (χ0) is 15.6. The highest BCUT2D eigenvalue weighted by atomic mass is 19.1. The quantitative estimate of drug-likeness (QED) is 0.900. The van der Waals surface area contributed by atoms with Crippen molar-refractivity contribution in [1.29, 1.82) is 0 Å². The van der Waals surface area contributed by atoms with E-state index in [0.717, 1.165) is 12.1 Å². The summed E-state index contributed by atoms with van der Waals surface area (Å²) < 4.78 is 27.9. The molecular weight excluding hydrogens is 280 g/mol. The largest absolute Gasteiger partial charge is 0.378 e. The predicted octanol–water partition coefficient (Wildman–Crippen LogP) is 1.61. The molecule has 0 bridgehead atoms. The van der Waals surface area contributed by atoms with Crippen LogP contribution < -0.4 is 5.32 Å². The minimum Gasteiger partial charge on any atom is -0.378 e. The lowest BCUT2D eigenvalue weighted by atomic mass is 10.1. The summed E-state index contributed by atoms with van der Waals surface area (Å²) in [6, 6.07) is 2.41. The molecule has 0 radical (unpaired) electrons. The van der Waals surface area contributed by atoms with Crippen molar-refractivity contribution in [3.8, 4) is 0 Å². The van der Waals surface area contributed by atoms with Gasteiger partial charge >= 0.3 is 0 Å². The van der Waals surface area contributed by atoms with Crippen LogP contribution in [0.5, 0.6) is 0 Å². The van der Waals surface area contributed by atoms with E-state index in [-0.39, 0.29) is 5.56 Å². The van der Waals surface area contributed by atoms with Crippen molar-refractivity contribution in [3.05, 3.63) is 53.4 Å². The molecule has 2 atom stereocenters. The second-order valence-corrected chi connectivity index (χ2v) is 4.75. The SMILES string of the molecule is C[C@@H](NC(=O)[C@H](O)c1cnn(C)c1)c1ccc(F)cc1F. The molecule has 0 aliphatic rings. The van der Waals surface area contributed by atoms with Gasteiger partial charge in [0.2, 0.25) is 0 Å². The molecule has 7 heteroatoms. The van der Waals surface area contributed by atoms with Crippen LogP contribution in [-0.2, 0) is 11.8 Å². The summed E-state index contributed by atoms with van der Waals surface area (Å²) in [6.07, 6.45) is 1.48. The Labute approximate surface area is 120 Å². The average molecular weight is 295 g/mol. The second kappa shape index (κ2) is 6.01. The second-order valence-electron chi connectivity index (χ2n) is 4.75. The Balaban J connectivity index is 2.08. The van der Waals surface area contributed by atoms with Gasteiger partial charge in [-0.15, -0.1) is 0 Å². The number of carbonyl (C=O) groups excluding carboxylic acids is 1. The predicted molar refractivity (Wildman–Crippen MR) is 71.1 cm³/mol. The molecule has 112 valence electrons. The number of aryl methyl sites for hydroxylation is 1. The molecule has 1 aromatic heterocycles. The van der Waals surface area contributed by atoms with Gasteiger partial charge < -0.3 is 10.4 Å². The van der Waals surface area contributed by atoms with Crippen molar-refractivity contribution >= 4 is 5.91 Å². The summed E-state index contributed by atoms with van der Waals surface area (Å²) >= 11 is 0. The van der Waals surface area contributed by atoms with Crippen LogP contribution in [0.25, 0.3) is 0 Å². The molecule has 2 rings (SSSR count). The highest BCUT2D eigenvalue weighted by molar-refractivity contribution is 5.82. The lowest BCUT2D eigenvalue weighted by molar-refractivity contribution is -0.130. The van der Waals surface area contributed by atoms with E-state index in [1.54, 1.807) is 14.0 Å². The van der Waals surface area contributed by atoms with Crippen LogP contribution in [0.15, 0.2) is 30.6 Å². The first kappa shape index (κ1) is 15.1. The van der Waals surface area contributed by atoms with E-state index in [4.69, 9.17) is 0 Å². The molecule has 0 saturated carbocycles. The lowest BCUT2D eigenvalue weighted by Crippen LogP contribution is -2.32. The summed E-state index contributed by atoms with van der Waals surface area (Å²) in [6.45, 7) is 1.55. The van der Waals surface area contributed by atoms with Gasteiger partial charge in [-0.1, -0.05) is 6.07 Å². The van der Waals surface area contributed by atoms with Crippen LogP contribution in [0.3, 0.4) is 0 Å². The fraction of sp³-hybridized carbons (Fsp3) is 0.286. The Kier molecular flexibility index (Phi) is 4.32. The smallest absolute Gasteiger partial charge is 0.254 e. The maximum Gasteiger partial charge on any atom is 0.254 e. The fourth-order valence-corrected chi connectivity index (χ4v) is 1.96. The normalized spacial score (nSPS) is 13.8. The van der Waals surface area contributed by atoms with Crippen LogP contribution in [-0.4, -0.2) is 20.8 Å². The molecule has 0 fully saturated rings. The Bertz CT molecular complexity index is 657. The van der Waals surface area contributed by atoms with Gasteiger partial charge in [-0.05, 0) is 13.0 Å². The van der Waals surface area contributed by atoms with Crippen LogP contribution in [0.1, 0.15) is 30.2 Å². The third-order valence-corrected chi connectivity index (χ3v) is 3.08. The van der Waals surface area contributed by atoms with Gasteiger partial charge in [-0.2, -0.15) is 5.10 Å². The molecule has 2 N–H and O–H groups in total. The number of benzene rings is 1. The molecule has 1 aromatic carbocycles. The van der Waals surface area contributed by atoms with Crippen molar-refractivity contribution in [1.82, 2.24) is 15.1 Å². The van der Waals surface area contributed by atoms with Crippen molar-refractivity contribution in [2.75, 3.05) is 0 Å². The van der Waals surface area contributed by atoms with Crippen molar-refractivity contribution in [2.45, 2.75) is 19.1 Å². The Morgan fingerprint density at radius 1 is 1.43 bits per heavy atom. The van der Waals surface area contributed by atoms with E-state index in [1.165, 1.54) is 23.1 Å². The number of amides is 1. The molecule has 2 aromatic rings. The Hall–Kier alpha value is -2.28. The maximum atomic E-state index is 13.6.